The fourth-order valence-corrected chi connectivity index (χ4v) is 3.88. The number of hydrogen-bond acceptors (Lipinski definition) is 3. The van der Waals surface area contributed by atoms with E-state index in [1.165, 1.54) is 16.7 Å². The molecule has 3 nitrogen and oxygen atoms in total. The number of allylic oxidation sites excluding steroid dienone is 1. The molecule has 0 heterocycles. The van der Waals surface area contributed by atoms with Crippen LogP contribution in [0.4, 0.5) is 0 Å². The van der Waals surface area contributed by atoms with Crippen molar-refractivity contribution in [3.63, 3.8) is 0 Å². The lowest BCUT2D eigenvalue weighted by Gasteiger charge is -2.34. The molecule has 1 aliphatic rings. The molecular weight excluding hydrogens is 384 g/mol. The van der Waals surface area contributed by atoms with Gasteiger partial charge in [-0.2, -0.15) is 0 Å². The molecule has 31 heavy (non-hydrogen) atoms. The van der Waals surface area contributed by atoms with E-state index in [1.807, 2.05) is 54.6 Å². The van der Waals surface area contributed by atoms with E-state index < -0.39 is 0 Å². The monoisotopic (exact) mass is 414 g/mol. The lowest BCUT2D eigenvalue weighted by Crippen LogP contribution is -2.41. The Hall–Kier alpha value is -2.72. The van der Waals surface area contributed by atoms with Crippen LogP contribution >= 0.6 is 0 Å². The Morgan fingerprint density at radius 1 is 0.613 bits per heavy atom. The summed E-state index contributed by atoms with van der Waals surface area (Å²) in [6, 6.07) is 30.9. The lowest BCUT2D eigenvalue weighted by molar-refractivity contribution is -0.109. The first-order chi connectivity index (χ1) is 15.4. The third-order valence-electron chi connectivity index (χ3n) is 5.57. The Balaban J connectivity index is 1.39. The molecule has 3 aromatic carbocycles. The van der Waals surface area contributed by atoms with Crippen LogP contribution in [-0.2, 0) is 34.0 Å². The first-order valence-corrected chi connectivity index (χ1v) is 11.0. The largest absolute Gasteiger partial charge is 0.376 e. The van der Waals surface area contributed by atoms with Gasteiger partial charge in [0.05, 0.1) is 32.5 Å². The molecule has 0 radical (unpaired) electrons. The van der Waals surface area contributed by atoms with E-state index in [0.717, 1.165) is 6.42 Å². The Labute approximate surface area is 185 Å². The van der Waals surface area contributed by atoms with Crippen molar-refractivity contribution >= 4 is 0 Å². The van der Waals surface area contributed by atoms with Gasteiger partial charge in [-0.25, -0.2) is 0 Å². The quantitative estimate of drug-likeness (QED) is 0.384. The van der Waals surface area contributed by atoms with Crippen LogP contribution in [0, 0.1) is 5.92 Å². The van der Waals surface area contributed by atoms with Crippen LogP contribution < -0.4 is 0 Å². The van der Waals surface area contributed by atoms with Crippen LogP contribution in [0.15, 0.2) is 103 Å². The molecule has 3 atom stereocenters. The Morgan fingerprint density at radius 3 is 1.71 bits per heavy atom. The lowest BCUT2D eigenvalue weighted by atomic mass is 9.89. The number of benzene rings is 3. The van der Waals surface area contributed by atoms with Crippen molar-refractivity contribution < 1.29 is 14.2 Å². The smallest absolute Gasteiger partial charge is 0.103 e. The first kappa shape index (κ1) is 21.5. The summed E-state index contributed by atoms with van der Waals surface area (Å²) in [5.74, 6) is 0.248. The summed E-state index contributed by atoms with van der Waals surface area (Å²) in [6.07, 6.45) is 5.13. The highest BCUT2D eigenvalue weighted by atomic mass is 16.5. The van der Waals surface area contributed by atoms with Gasteiger partial charge in [0, 0.05) is 5.92 Å². The van der Waals surface area contributed by atoms with Crippen molar-refractivity contribution in [2.24, 2.45) is 5.92 Å². The number of rotatable bonds is 10. The van der Waals surface area contributed by atoms with E-state index in [0.29, 0.717) is 26.4 Å². The second kappa shape index (κ2) is 11.6. The molecule has 4 rings (SSSR count). The minimum absolute atomic E-state index is 0.0512. The van der Waals surface area contributed by atoms with E-state index in [2.05, 4.69) is 48.6 Å². The van der Waals surface area contributed by atoms with Crippen LogP contribution in [0.5, 0.6) is 0 Å². The molecule has 0 N–H and O–H groups in total. The van der Waals surface area contributed by atoms with Crippen LogP contribution in [0.1, 0.15) is 23.1 Å². The van der Waals surface area contributed by atoms with Gasteiger partial charge < -0.3 is 14.2 Å². The predicted molar refractivity (Wildman–Crippen MR) is 123 cm³/mol. The van der Waals surface area contributed by atoms with Crippen molar-refractivity contribution in [3.8, 4) is 0 Å². The van der Waals surface area contributed by atoms with Gasteiger partial charge in [0.25, 0.3) is 0 Å². The maximum Gasteiger partial charge on any atom is 0.103 e. The van der Waals surface area contributed by atoms with Crippen LogP contribution in [0.3, 0.4) is 0 Å². The minimum atomic E-state index is -0.0945. The SMILES string of the molecule is C1=C[C@@H](OCc2ccccc2)[C@@H](OCc2ccccc2)[C@@H](COCc2ccccc2)C1. The molecule has 160 valence electrons. The van der Waals surface area contributed by atoms with Crippen LogP contribution in [-0.4, -0.2) is 18.8 Å². The average Bonchev–Trinajstić information content (AvgIpc) is 2.84. The van der Waals surface area contributed by atoms with Gasteiger partial charge >= 0.3 is 0 Å². The van der Waals surface area contributed by atoms with Gasteiger partial charge in [-0.1, -0.05) is 103 Å². The predicted octanol–water partition coefficient (Wildman–Crippen LogP) is 5.95. The summed E-state index contributed by atoms with van der Waals surface area (Å²) < 4.78 is 18.8. The topological polar surface area (TPSA) is 27.7 Å². The summed E-state index contributed by atoms with van der Waals surface area (Å²) in [5.41, 5.74) is 3.52. The molecule has 0 saturated carbocycles. The molecule has 0 saturated heterocycles. The molecule has 1 aliphatic carbocycles. The summed E-state index contributed by atoms with van der Waals surface area (Å²) in [4.78, 5) is 0. The van der Waals surface area contributed by atoms with Gasteiger partial charge in [-0.15, -0.1) is 0 Å². The average molecular weight is 415 g/mol. The molecule has 0 bridgehead atoms. The Morgan fingerprint density at radius 2 is 1.13 bits per heavy atom. The molecule has 3 heteroatoms. The molecular formula is C28H30O3. The fourth-order valence-electron chi connectivity index (χ4n) is 3.88. The first-order valence-electron chi connectivity index (χ1n) is 11.0. The van der Waals surface area contributed by atoms with Gasteiger partial charge in [0.1, 0.15) is 6.10 Å². The van der Waals surface area contributed by atoms with Crippen molar-refractivity contribution in [1.82, 2.24) is 0 Å². The summed E-state index contributed by atoms with van der Waals surface area (Å²) in [7, 11) is 0. The second-order valence-corrected chi connectivity index (χ2v) is 7.95. The van der Waals surface area contributed by atoms with Gasteiger partial charge in [-0.3, -0.25) is 0 Å². The maximum absolute atomic E-state index is 6.43. The minimum Gasteiger partial charge on any atom is -0.376 e. The van der Waals surface area contributed by atoms with Crippen LogP contribution in [0.2, 0.25) is 0 Å². The van der Waals surface area contributed by atoms with Crippen molar-refractivity contribution in [2.75, 3.05) is 6.61 Å². The van der Waals surface area contributed by atoms with E-state index in [9.17, 15) is 0 Å². The zero-order valence-corrected chi connectivity index (χ0v) is 17.8. The summed E-state index contributed by atoms with van der Waals surface area (Å²) in [6.45, 7) is 2.39. The van der Waals surface area contributed by atoms with Gasteiger partial charge in [-0.05, 0) is 23.1 Å². The Bertz CT molecular complexity index is 909. The fraction of sp³-hybridized carbons (Fsp3) is 0.286. The zero-order valence-electron chi connectivity index (χ0n) is 17.8. The third kappa shape index (κ3) is 6.63. The van der Waals surface area contributed by atoms with E-state index in [-0.39, 0.29) is 18.1 Å². The highest BCUT2D eigenvalue weighted by Gasteiger charge is 2.32. The van der Waals surface area contributed by atoms with Crippen molar-refractivity contribution in [2.45, 2.75) is 38.4 Å². The number of hydrogen-bond donors (Lipinski definition) is 0. The highest BCUT2D eigenvalue weighted by Crippen LogP contribution is 2.27. The Kier molecular flexibility index (Phi) is 8.06. The molecule has 3 aromatic rings. The molecule has 0 unspecified atom stereocenters. The van der Waals surface area contributed by atoms with Crippen molar-refractivity contribution in [3.05, 3.63) is 120 Å². The zero-order chi connectivity index (χ0) is 21.1. The summed E-state index contributed by atoms with van der Waals surface area (Å²) >= 11 is 0. The number of ether oxygens (including phenoxy) is 3. The van der Waals surface area contributed by atoms with E-state index in [1.54, 1.807) is 0 Å². The standard InChI is InChI=1S/C28H30O3/c1-4-11-23(12-5-1)19-29-22-26-17-10-18-27(30-20-24-13-6-2-7-14-24)28(26)31-21-25-15-8-3-9-16-25/h1-16,18,26-28H,17,19-22H2/t26-,27-,28+/m1/s1. The molecule has 0 spiro atoms. The van der Waals surface area contributed by atoms with E-state index >= 15 is 0 Å². The normalized spacial score (nSPS) is 20.6. The molecule has 0 aliphatic heterocycles. The van der Waals surface area contributed by atoms with E-state index in [4.69, 9.17) is 14.2 Å². The molecule has 0 fully saturated rings. The highest BCUT2D eigenvalue weighted by molar-refractivity contribution is 5.16. The second-order valence-electron chi connectivity index (χ2n) is 7.95. The van der Waals surface area contributed by atoms with Gasteiger partial charge in [0.15, 0.2) is 0 Å². The maximum atomic E-state index is 6.43. The summed E-state index contributed by atoms with van der Waals surface area (Å²) in [5, 5.41) is 0. The third-order valence-corrected chi connectivity index (χ3v) is 5.57. The molecule has 0 amide bonds. The van der Waals surface area contributed by atoms with Gasteiger partial charge in [0.2, 0.25) is 0 Å². The molecule has 0 aromatic heterocycles. The van der Waals surface area contributed by atoms with Crippen molar-refractivity contribution in [1.29, 1.82) is 0 Å². The van der Waals surface area contributed by atoms with Crippen LogP contribution in [0.25, 0.3) is 0 Å².